The van der Waals surface area contributed by atoms with E-state index in [1.54, 1.807) is 25.1 Å². The van der Waals surface area contributed by atoms with Crippen molar-refractivity contribution in [2.75, 3.05) is 0 Å². The van der Waals surface area contributed by atoms with Crippen molar-refractivity contribution >= 4 is 22.7 Å². The van der Waals surface area contributed by atoms with Crippen molar-refractivity contribution in [3.8, 4) is 5.75 Å². The molecule has 0 radical (unpaired) electrons. The number of carboxylic acid groups (broad SMARTS) is 1. The summed E-state index contributed by atoms with van der Waals surface area (Å²) in [6, 6.07) is 6.46. The van der Waals surface area contributed by atoms with E-state index in [1.165, 1.54) is 10.6 Å². The molecule has 0 bridgehead atoms. The number of aliphatic carboxylic acids is 1. The minimum absolute atomic E-state index is 0.263. The lowest BCUT2D eigenvalue weighted by atomic mass is 10.1. The summed E-state index contributed by atoms with van der Waals surface area (Å²) in [6.07, 6.45) is 0. The molecule has 19 heavy (non-hydrogen) atoms. The Morgan fingerprint density at radius 2 is 1.89 bits per heavy atom. The largest absolute Gasteiger partial charge is 0.506 e. The summed E-state index contributed by atoms with van der Waals surface area (Å²) in [5, 5.41) is 19.0. The number of para-hydroxylation sites is 1. The van der Waals surface area contributed by atoms with Gasteiger partial charge < -0.3 is 14.8 Å². The van der Waals surface area contributed by atoms with Crippen LogP contribution in [0.25, 0.3) is 10.9 Å². The molecule has 2 aromatic rings. The second-order valence-electron chi connectivity index (χ2n) is 3.92. The number of carbonyl (C=O) groups is 2. The Hall–Kier alpha value is -2.63. The smallest absolute Gasteiger partial charge is 0.377 e. The van der Waals surface area contributed by atoms with Crippen molar-refractivity contribution in [1.29, 1.82) is 0 Å². The number of pyridine rings is 1. The number of carbonyl (C=O) groups excluding carboxylic acids is 1. The van der Waals surface area contributed by atoms with Crippen LogP contribution in [0.2, 0.25) is 0 Å². The molecule has 6 heteroatoms. The summed E-state index contributed by atoms with van der Waals surface area (Å²) < 4.78 is 1.26. The fourth-order valence-corrected chi connectivity index (χ4v) is 2.02. The molecule has 0 saturated heterocycles. The molecule has 6 nitrogen and oxygen atoms in total. The Balaban J connectivity index is 2.98. The zero-order chi connectivity index (χ0) is 14.2. The van der Waals surface area contributed by atoms with E-state index < -0.39 is 28.6 Å². The number of aryl methyl sites for hydroxylation is 1. The number of fused-ring (bicyclic) bond motifs is 1. The number of rotatable bonds is 3. The number of benzene rings is 1. The summed E-state index contributed by atoms with van der Waals surface area (Å²) in [5.74, 6) is -3.77. The predicted molar refractivity (Wildman–Crippen MR) is 67.5 cm³/mol. The number of ketones is 1. The summed E-state index contributed by atoms with van der Waals surface area (Å²) in [6.45, 7) is 1.96. The minimum Gasteiger partial charge on any atom is -0.506 e. The van der Waals surface area contributed by atoms with E-state index in [0.29, 0.717) is 5.52 Å². The lowest BCUT2D eigenvalue weighted by molar-refractivity contribution is -0.131. The van der Waals surface area contributed by atoms with E-state index in [1.807, 2.05) is 0 Å². The molecule has 0 spiro atoms. The quantitative estimate of drug-likeness (QED) is 0.634. The fourth-order valence-electron chi connectivity index (χ4n) is 2.02. The van der Waals surface area contributed by atoms with Crippen LogP contribution in [0.3, 0.4) is 0 Å². The molecule has 98 valence electrons. The predicted octanol–water partition coefficient (Wildman–Crippen LogP) is 0.994. The summed E-state index contributed by atoms with van der Waals surface area (Å²) >= 11 is 0. The van der Waals surface area contributed by atoms with Crippen molar-refractivity contribution in [3.63, 3.8) is 0 Å². The third kappa shape index (κ3) is 1.87. The number of aromatic nitrogens is 1. The molecule has 1 heterocycles. The van der Waals surface area contributed by atoms with Crippen LogP contribution in [0.1, 0.15) is 17.3 Å². The number of aromatic hydroxyl groups is 1. The van der Waals surface area contributed by atoms with Gasteiger partial charge in [-0.05, 0) is 19.1 Å². The van der Waals surface area contributed by atoms with Gasteiger partial charge in [0.15, 0.2) is 0 Å². The molecule has 0 amide bonds. The molecule has 0 aliphatic carbocycles. The molecular weight excluding hydrogens is 250 g/mol. The van der Waals surface area contributed by atoms with Gasteiger partial charge in [-0.25, -0.2) is 4.79 Å². The van der Waals surface area contributed by atoms with Gasteiger partial charge in [0.2, 0.25) is 0 Å². The van der Waals surface area contributed by atoms with E-state index in [4.69, 9.17) is 5.11 Å². The Morgan fingerprint density at radius 3 is 2.47 bits per heavy atom. The highest BCUT2D eigenvalue weighted by atomic mass is 16.4. The highest BCUT2D eigenvalue weighted by Gasteiger charge is 2.26. The highest BCUT2D eigenvalue weighted by Crippen LogP contribution is 2.26. The third-order valence-electron chi connectivity index (χ3n) is 2.88. The van der Waals surface area contributed by atoms with Gasteiger partial charge in [0, 0.05) is 11.9 Å². The van der Waals surface area contributed by atoms with E-state index in [9.17, 15) is 19.5 Å². The molecule has 2 N–H and O–H groups in total. The molecule has 0 unspecified atom stereocenters. The zero-order valence-corrected chi connectivity index (χ0v) is 10.1. The van der Waals surface area contributed by atoms with E-state index in [2.05, 4.69) is 0 Å². The second-order valence-corrected chi connectivity index (χ2v) is 3.92. The van der Waals surface area contributed by atoms with Crippen LogP contribution in [0.4, 0.5) is 0 Å². The van der Waals surface area contributed by atoms with Crippen LogP contribution in [-0.2, 0) is 11.3 Å². The number of nitrogens with zero attached hydrogens (tertiary/aromatic N) is 1. The van der Waals surface area contributed by atoms with Gasteiger partial charge in [0.05, 0.1) is 5.52 Å². The summed E-state index contributed by atoms with van der Waals surface area (Å²) in [4.78, 5) is 34.4. The maximum Gasteiger partial charge on any atom is 0.377 e. The average molecular weight is 261 g/mol. The zero-order valence-electron chi connectivity index (χ0n) is 10.1. The van der Waals surface area contributed by atoms with Gasteiger partial charge >= 0.3 is 5.97 Å². The first-order chi connectivity index (χ1) is 8.99. The molecule has 2 rings (SSSR count). The molecule has 1 aromatic heterocycles. The third-order valence-corrected chi connectivity index (χ3v) is 2.88. The Bertz CT molecular complexity index is 745. The molecule has 0 aliphatic rings. The molecule has 0 aliphatic heterocycles. The first kappa shape index (κ1) is 12.8. The van der Waals surface area contributed by atoms with E-state index in [0.717, 1.165) is 0 Å². The molecule has 0 atom stereocenters. The van der Waals surface area contributed by atoms with Gasteiger partial charge in [-0.3, -0.25) is 9.59 Å². The van der Waals surface area contributed by atoms with Gasteiger partial charge in [-0.2, -0.15) is 0 Å². The first-order valence-corrected chi connectivity index (χ1v) is 5.61. The lowest BCUT2D eigenvalue weighted by Gasteiger charge is -2.11. The number of Topliss-reactive ketones (excluding diaryl/α,β-unsaturated/α-hetero) is 1. The summed E-state index contributed by atoms with van der Waals surface area (Å²) in [5.41, 5.74) is -1.05. The highest BCUT2D eigenvalue weighted by molar-refractivity contribution is 6.40. The number of carboxylic acids is 1. The van der Waals surface area contributed by atoms with Crippen LogP contribution in [0.15, 0.2) is 29.1 Å². The van der Waals surface area contributed by atoms with Crippen LogP contribution in [0, 0.1) is 0 Å². The fraction of sp³-hybridized carbons (Fsp3) is 0.154. The van der Waals surface area contributed by atoms with Crippen LogP contribution in [-0.4, -0.2) is 26.5 Å². The van der Waals surface area contributed by atoms with Crippen molar-refractivity contribution < 1.29 is 19.8 Å². The Kier molecular flexibility index (Phi) is 3.08. The monoisotopic (exact) mass is 261 g/mol. The first-order valence-electron chi connectivity index (χ1n) is 5.61. The summed E-state index contributed by atoms with van der Waals surface area (Å²) in [7, 11) is 0. The SMILES string of the molecule is CCn1c(=O)c(C(=O)C(=O)O)c(O)c2ccccc21. The van der Waals surface area contributed by atoms with E-state index >= 15 is 0 Å². The average Bonchev–Trinajstić information content (AvgIpc) is 2.39. The Labute approximate surface area is 107 Å². The van der Waals surface area contributed by atoms with Crippen LogP contribution < -0.4 is 5.56 Å². The Morgan fingerprint density at radius 1 is 1.26 bits per heavy atom. The second kappa shape index (κ2) is 4.56. The van der Waals surface area contributed by atoms with E-state index in [-0.39, 0.29) is 11.9 Å². The van der Waals surface area contributed by atoms with Gasteiger partial charge in [0.1, 0.15) is 11.3 Å². The maximum atomic E-state index is 12.1. The normalized spacial score (nSPS) is 10.6. The number of hydrogen-bond acceptors (Lipinski definition) is 4. The maximum absolute atomic E-state index is 12.1. The lowest BCUT2D eigenvalue weighted by Crippen LogP contribution is -2.29. The van der Waals surface area contributed by atoms with Crippen molar-refractivity contribution in [2.45, 2.75) is 13.5 Å². The molecule has 0 fully saturated rings. The van der Waals surface area contributed by atoms with Crippen LogP contribution in [0.5, 0.6) is 5.75 Å². The van der Waals surface area contributed by atoms with Gasteiger partial charge in [-0.1, -0.05) is 12.1 Å². The standard InChI is InChI=1S/C13H11NO5/c1-2-14-8-6-4-3-5-7(8)10(15)9(12(14)17)11(16)13(18)19/h3-6,15H,2H2,1H3,(H,18,19). The van der Waals surface area contributed by atoms with Gasteiger partial charge in [-0.15, -0.1) is 0 Å². The minimum atomic E-state index is -1.77. The molecule has 1 aromatic carbocycles. The van der Waals surface area contributed by atoms with Crippen molar-refractivity contribution in [3.05, 3.63) is 40.2 Å². The molecule has 0 saturated carbocycles. The van der Waals surface area contributed by atoms with Crippen molar-refractivity contribution in [1.82, 2.24) is 4.57 Å². The van der Waals surface area contributed by atoms with Crippen LogP contribution >= 0.6 is 0 Å². The number of hydrogen-bond donors (Lipinski definition) is 2. The topological polar surface area (TPSA) is 96.6 Å². The molecular formula is C13H11NO5. The van der Waals surface area contributed by atoms with Crippen molar-refractivity contribution in [2.24, 2.45) is 0 Å². The van der Waals surface area contributed by atoms with Gasteiger partial charge in [0.25, 0.3) is 11.3 Å².